The van der Waals surface area contributed by atoms with E-state index >= 15 is 0 Å². The van der Waals surface area contributed by atoms with E-state index in [4.69, 9.17) is 16.0 Å². The summed E-state index contributed by atoms with van der Waals surface area (Å²) in [4.78, 5) is 12.7. The van der Waals surface area contributed by atoms with Crippen molar-refractivity contribution in [3.63, 3.8) is 0 Å². The van der Waals surface area contributed by atoms with Crippen molar-refractivity contribution in [2.24, 2.45) is 0 Å². The Kier molecular flexibility index (Phi) is 4.95. The Morgan fingerprint density at radius 1 is 1.12 bits per heavy atom. The molecule has 0 spiro atoms. The molecule has 0 radical (unpaired) electrons. The summed E-state index contributed by atoms with van der Waals surface area (Å²) in [6, 6.07) is 17.1. The maximum Gasteiger partial charge on any atom is 0.277 e. The number of halogens is 1. The van der Waals surface area contributed by atoms with Gasteiger partial charge >= 0.3 is 0 Å². The molecule has 1 heterocycles. The summed E-state index contributed by atoms with van der Waals surface area (Å²) in [5, 5.41) is 11.8. The highest BCUT2D eigenvalue weighted by atomic mass is 35.5. The number of thioether (sulfide) groups is 1. The first kappa shape index (κ1) is 17.1. The van der Waals surface area contributed by atoms with E-state index in [9.17, 15) is 4.79 Å². The average Bonchev–Trinajstić information content (AvgIpc) is 3.35. The van der Waals surface area contributed by atoms with Gasteiger partial charge in [-0.2, -0.15) is 0 Å². The van der Waals surface area contributed by atoms with Crippen LogP contribution in [0.15, 0.2) is 64.2 Å². The second kappa shape index (κ2) is 7.51. The molecule has 1 N–H and O–H groups in total. The molecule has 1 saturated carbocycles. The summed E-state index contributed by atoms with van der Waals surface area (Å²) < 4.78 is 5.75. The van der Waals surface area contributed by atoms with Crippen LogP contribution in [0.5, 0.6) is 0 Å². The number of amides is 1. The molecule has 5 nitrogen and oxygen atoms in total. The van der Waals surface area contributed by atoms with Gasteiger partial charge in [0.2, 0.25) is 11.8 Å². The molecule has 3 aromatic rings. The first-order valence-electron chi connectivity index (χ1n) is 8.30. The molecule has 0 aliphatic heterocycles. The Balaban J connectivity index is 1.55. The second-order valence-corrected chi connectivity index (χ2v) is 7.56. The summed E-state index contributed by atoms with van der Waals surface area (Å²) in [6.07, 6.45) is 2.08. The largest absolute Gasteiger partial charge is 0.411 e. The topological polar surface area (TPSA) is 68.0 Å². The first-order valence-corrected chi connectivity index (χ1v) is 9.56. The van der Waals surface area contributed by atoms with Crippen molar-refractivity contribution in [3.05, 3.63) is 65.2 Å². The monoisotopic (exact) mass is 385 g/mol. The van der Waals surface area contributed by atoms with Gasteiger partial charge in [-0.15, -0.1) is 10.2 Å². The summed E-state index contributed by atoms with van der Waals surface area (Å²) in [7, 11) is 0. The lowest BCUT2D eigenvalue weighted by Crippen LogP contribution is -2.29. The van der Waals surface area contributed by atoms with Crippen molar-refractivity contribution in [2.45, 2.75) is 29.4 Å². The molecule has 1 amide bonds. The summed E-state index contributed by atoms with van der Waals surface area (Å²) in [5.74, 6) is 0.369. The van der Waals surface area contributed by atoms with Gasteiger partial charge in [0.1, 0.15) is 5.25 Å². The number of nitrogens with one attached hydrogen (secondary N) is 1. The maximum atomic E-state index is 12.7. The van der Waals surface area contributed by atoms with E-state index in [1.807, 2.05) is 42.5 Å². The number of rotatable bonds is 6. The number of aromatic nitrogens is 2. The van der Waals surface area contributed by atoms with E-state index in [1.54, 1.807) is 12.1 Å². The van der Waals surface area contributed by atoms with Crippen molar-refractivity contribution < 1.29 is 9.21 Å². The Labute approximate surface area is 160 Å². The van der Waals surface area contributed by atoms with Crippen LogP contribution in [0.2, 0.25) is 5.02 Å². The van der Waals surface area contributed by atoms with Crippen LogP contribution in [0.25, 0.3) is 11.5 Å². The SMILES string of the molecule is O=C(NC1CC1)C(Sc1nnc(-c2ccc(Cl)cc2)o1)c1ccccc1. The zero-order valence-corrected chi connectivity index (χ0v) is 15.3. The molecule has 26 heavy (non-hydrogen) atoms. The zero-order valence-electron chi connectivity index (χ0n) is 13.8. The van der Waals surface area contributed by atoms with Crippen LogP contribution in [0.3, 0.4) is 0 Å². The normalized spacial score (nSPS) is 14.8. The predicted molar refractivity (Wildman–Crippen MR) is 101 cm³/mol. The van der Waals surface area contributed by atoms with E-state index in [-0.39, 0.29) is 5.91 Å². The highest BCUT2D eigenvalue weighted by Gasteiger charge is 2.30. The van der Waals surface area contributed by atoms with Gasteiger partial charge in [-0.05, 0) is 54.4 Å². The number of hydrogen-bond acceptors (Lipinski definition) is 5. The van der Waals surface area contributed by atoms with Crippen molar-refractivity contribution in [1.29, 1.82) is 0 Å². The number of benzene rings is 2. The minimum Gasteiger partial charge on any atom is -0.411 e. The highest BCUT2D eigenvalue weighted by molar-refractivity contribution is 8.00. The molecule has 7 heteroatoms. The standard InChI is InChI=1S/C19H16ClN3O2S/c20-14-8-6-13(7-9-14)18-22-23-19(25-18)26-16(12-4-2-1-3-5-12)17(24)21-15-10-11-15/h1-9,15-16H,10-11H2,(H,21,24). The zero-order chi connectivity index (χ0) is 17.9. The highest BCUT2D eigenvalue weighted by Crippen LogP contribution is 2.36. The van der Waals surface area contributed by atoms with E-state index < -0.39 is 5.25 Å². The molecular weight excluding hydrogens is 370 g/mol. The third-order valence-electron chi connectivity index (χ3n) is 3.98. The summed E-state index contributed by atoms with van der Waals surface area (Å²) in [6.45, 7) is 0. The van der Waals surface area contributed by atoms with Crippen LogP contribution in [-0.2, 0) is 4.79 Å². The van der Waals surface area contributed by atoms with Crippen LogP contribution in [0.4, 0.5) is 0 Å². The molecule has 0 bridgehead atoms. The van der Waals surface area contributed by atoms with E-state index in [2.05, 4.69) is 15.5 Å². The number of nitrogens with zero attached hydrogens (tertiary/aromatic N) is 2. The van der Waals surface area contributed by atoms with Gasteiger partial charge in [0, 0.05) is 16.6 Å². The molecule has 1 fully saturated rings. The lowest BCUT2D eigenvalue weighted by atomic mass is 10.1. The van der Waals surface area contributed by atoms with E-state index in [0.29, 0.717) is 22.2 Å². The van der Waals surface area contributed by atoms with E-state index in [1.165, 1.54) is 11.8 Å². The smallest absolute Gasteiger partial charge is 0.277 e. The Morgan fingerprint density at radius 2 is 1.85 bits per heavy atom. The predicted octanol–water partition coefficient (Wildman–Crippen LogP) is 4.50. The molecule has 1 atom stereocenters. The van der Waals surface area contributed by atoms with Crippen molar-refractivity contribution >= 4 is 29.3 Å². The maximum absolute atomic E-state index is 12.7. The number of carbonyl (C=O) groups is 1. The fourth-order valence-corrected chi connectivity index (χ4v) is 3.48. The van der Waals surface area contributed by atoms with Gasteiger partial charge < -0.3 is 9.73 Å². The fraction of sp³-hybridized carbons (Fsp3) is 0.211. The van der Waals surface area contributed by atoms with Crippen LogP contribution < -0.4 is 5.32 Å². The molecule has 0 saturated heterocycles. The molecule has 1 aromatic heterocycles. The minimum absolute atomic E-state index is 0.0325. The Hall–Kier alpha value is -2.31. The Bertz CT molecular complexity index is 895. The van der Waals surface area contributed by atoms with Crippen molar-refractivity contribution in [1.82, 2.24) is 15.5 Å². The minimum atomic E-state index is -0.435. The molecule has 2 aromatic carbocycles. The molecular formula is C19H16ClN3O2S. The second-order valence-electron chi connectivity index (χ2n) is 6.07. The third kappa shape index (κ3) is 4.08. The molecule has 1 aliphatic carbocycles. The molecule has 4 rings (SSSR count). The Morgan fingerprint density at radius 3 is 2.54 bits per heavy atom. The van der Waals surface area contributed by atoms with Crippen LogP contribution in [0, 0.1) is 0 Å². The molecule has 1 unspecified atom stereocenters. The van der Waals surface area contributed by atoms with Crippen molar-refractivity contribution in [3.8, 4) is 11.5 Å². The number of carbonyl (C=O) groups excluding carboxylic acids is 1. The van der Waals surface area contributed by atoms with Gasteiger partial charge in [0.05, 0.1) is 0 Å². The number of hydrogen-bond donors (Lipinski definition) is 1. The van der Waals surface area contributed by atoms with Gasteiger partial charge in [0.25, 0.3) is 5.22 Å². The summed E-state index contributed by atoms with van der Waals surface area (Å²) >= 11 is 7.17. The molecule has 1 aliphatic rings. The quantitative estimate of drug-likeness (QED) is 0.632. The fourth-order valence-electron chi connectivity index (χ4n) is 2.47. The van der Waals surface area contributed by atoms with Gasteiger partial charge in [-0.1, -0.05) is 41.9 Å². The third-order valence-corrected chi connectivity index (χ3v) is 5.32. The lowest BCUT2D eigenvalue weighted by Gasteiger charge is -2.14. The average molecular weight is 386 g/mol. The van der Waals surface area contributed by atoms with Crippen LogP contribution in [-0.4, -0.2) is 22.1 Å². The van der Waals surface area contributed by atoms with Gasteiger partial charge in [-0.3, -0.25) is 4.79 Å². The first-order chi connectivity index (χ1) is 12.7. The van der Waals surface area contributed by atoms with Gasteiger partial charge in [0.15, 0.2) is 0 Å². The van der Waals surface area contributed by atoms with Crippen LogP contribution in [0.1, 0.15) is 23.7 Å². The molecule has 132 valence electrons. The van der Waals surface area contributed by atoms with Crippen LogP contribution >= 0.6 is 23.4 Å². The summed E-state index contributed by atoms with van der Waals surface area (Å²) in [5.41, 5.74) is 1.69. The van der Waals surface area contributed by atoms with Gasteiger partial charge in [-0.25, -0.2) is 0 Å². The van der Waals surface area contributed by atoms with E-state index in [0.717, 1.165) is 24.0 Å². The lowest BCUT2D eigenvalue weighted by molar-refractivity contribution is -0.120. The van der Waals surface area contributed by atoms with Crippen molar-refractivity contribution in [2.75, 3.05) is 0 Å².